The number of carbonyl (C=O) groups is 1. The average molecular weight is 372 g/mol. The lowest BCUT2D eigenvalue weighted by Gasteiger charge is -2.38. The van der Waals surface area contributed by atoms with Gasteiger partial charge in [0, 0.05) is 32.2 Å². The highest BCUT2D eigenvalue weighted by Gasteiger charge is 2.35. The van der Waals surface area contributed by atoms with Gasteiger partial charge < -0.3 is 24.1 Å². The van der Waals surface area contributed by atoms with Crippen molar-refractivity contribution in [2.24, 2.45) is 0 Å². The molecule has 27 heavy (non-hydrogen) atoms. The fourth-order valence-electron chi connectivity index (χ4n) is 3.67. The van der Waals surface area contributed by atoms with E-state index in [0.29, 0.717) is 37.7 Å². The van der Waals surface area contributed by atoms with Gasteiger partial charge in [-0.1, -0.05) is 6.07 Å². The highest BCUT2D eigenvalue weighted by atomic mass is 16.5. The van der Waals surface area contributed by atoms with E-state index in [2.05, 4.69) is 9.88 Å². The summed E-state index contributed by atoms with van der Waals surface area (Å²) in [6, 6.07) is 9.84. The molecule has 1 aliphatic rings. The number of methoxy groups -OCH3 is 2. The van der Waals surface area contributed by atoms with Crippen LogP contribution in [0.5, 0.6) is 11.5 Å². The van der Waals surface area contributed by atoms with Crippen molar-refractivity contribution in [2.75, 3.05) is 34.0 Å². The normalized spacial score (nSPS) is 15.9. The number of benzene rings is 1. The van der Waals surface area contributed by atoms with E-state index in [-0.39, 0.29) is 11.4 Å². The molecule has 0 radical (unpaired) electrons. The van der Waals surface area contributed by atoms with Crippen LogP contribution in [0.2, 0.25) is 0 Å². The van der Waals surface area contributed by atoms with Gasteiger partial charge in [-0.2, -0.15) is 0 Å². The van der Waals surface area contributed by atoms with Gasteiger partial charge in [0.2, 0.25) is 5.91 Å². The van der Waals surface area contributed by atoms with Crippen molar-refractivity contribution in [3.8, 4) is 11.5 Å². The largest absolute Gasteiger partial charge is 0.493 e. The van der Waals surface area contributed by atoms with E-state index in [1.54, 1.807) is 14.2 Å². The minimum Gasteiger partial charge on any atom is -0.493 e. The molecule has 0 spiro atoms. The van der Waals surface area contributed by atoms with Crippen LogP contribution < -0.4 is 14.8 Å². The van der Waals surface area contributed by atoms with Crippen molar-refractivity contribution < 1.29 is 19.0 Å². The van der Waals surface area contributed by atoms with Gasteiger partial charge in [0.25, 0.3) is 0 Å². The summed E-state index contributed by atoms with van der Waals surface area (Å²) in [6.07, 6.45) is 7.00. The Bertz CT molecular complexity index is 737. The smallest absolute Gasteiger partial charge is 0.222 e. The number of nitrogens with one attached hydrogen (secondary N) is 1. The van der Waals surface area contributed by atoms with Crippen LogP contribution in [0.25, 0.3) is 0 Å². The first-order valence-corrected chi connectivity index (χ1v) is 9.36. The lowest BCUT2D eigenvalue weighted by Crippen LogP contribution is -2.43. The summed E-state index contributed by atoms with van der Waals surface area (Å²) in [5, 5.41) is 3.07. The van der Waals surface area contributed by atoms with Gasteiger partial charge in [0.15, 0.2) is 11.5 Å². The maximum absolute atomic E-state index is 12.6. The van der Waals surface area contributed by atoms with E-state index >= 15 is 0 Å². The molecule has 1 aromatic heterocycles. The molecule has 1 saturated heterocycles. The first-order valence-electron chi connectivity index (χ1n) is 9.36. The molecule has 2 heterocycles. The Morgan fingerprint density at radius 3 is 2.52 bits per heavy atom. The standard InChI is InChI=1S/C21H28N2O4/c1-25-18-6-5-17(15-19(18)26-2)7-10-22-20(24)16-21(8-13-27-14-9-21)23-11-3-4-12-23/h3-6,11-12,15H,7-10,13-14,16H2,1-2H3,(H,22,24). The minimum absolute atomic E-state index is 0.0751. The van der Waals surface area contributed by atoms with Crippen LogP contribution in [0, 0.1) is 0 Å². The monoisotopic (exact) mass is 372 g/mol. The Labute approximate surface area is 160 Å². The zero-order chi connectivity index (χ0) is 19.1. The Hall–Kier alpha value is -2.47. The van der Waals surface area contributed by atoms with E-state index in [0.717, 1.165) is 24.8 Å². The van der Waals surface area contributed by atoms with Crippen molar-refractivity contribution >= 4 is 5.91 Å². The number of nitrogens with zero attached hydrogens (tertiary/aromatic N) is 1. The predicted molar refractivity (Wildman–Crippen MR) is 103 cm³/mol. The third kappa shape index (κ3) is 4.63. The minimum atomic E-state index is -0.185. The fraction of sp³-hybridized carbons (Fsp3) is 0.476. The maximum Gasteiger partial charge on any atom is 0.222 e. The van der Waals surface area contributed by atoms with Crippen LogP contribution in [-0.2, 0) is 21.5 Å². The molecule has 146 valence electrons. The Morgan fingerprint density at radius 2 is 1.85 bits per heavy atom. The summed E-state index contributed by atoms with van der Waals surface area (Å²) in [6.45, 7) is 1.97. The second-order valence-electron chi connectivity index (χ2n) is 6.89. The first kappa shape index (κ1) is 19.3. The van der Waals surface area contributed by atoms with E-state index in [9.17, 15) is 4.79 Å². The molecule has 1 N–H and O–H groups in total. The molecule has 0 saturated carbocycles. The second kappa shape index (κ2) is 8.95. The average Bonchev–Trinajstić information content (AvgIpc) is 3.24. The summed E-state index contributed by atoms with van der Waals surface area (Å²) < 4.78 is 18.3. The molecule has 1 fully saturated rings. The molecule has 6 heteroatoms. The van der Waals surface area contributed by atoms with Crippen molar-refractivity contribution in [3.63, 3.8) is 0 Å². The van der Waals surface area contributed by atoms with Gasteiger partial charge in [-0.3, -0.25) is 4.79 Å². The van der Waals surface area contributed by atoms with Crippen molar-refractivity contribution in [2.45, 2.75) is 31.2 Å². The third-order valence-corrected chi connectivity index (χ3v) is 5.25. The molecule has 0 aliphatic carbocycles. The van der Waals surface area contributed by atoms with Crippen molar-refractivity contribution in [3.05, 3.63) is 48.3 Å². The summed E-state index contributed by atoms with van der Waals surface area (Å²) in [4.78, 5) is 12.6. The SMILES string of the molecule is COc1ccc(CCNC(=O)CC2(n3cccc3)CCOCC2)cc1OC. The molecule has 2 aromatic rings. The molecule has 1 aliphatic heterocycles. The van der Waals surface area contributed by atoms with Gasteiger partial charge in [-0.25, -0.2) is 0 Å². The van der Waals surface area contributed by atoms with E-state index < -0.39 is 0 Å². The van der Waals surface area contributed by atoms with E-state index in [1.807, 2.05) is 42.7 Å². The molecule has 0 bridgehead atoms. The number of hydrogen-bond donors (Lipinski definition) is 1. The Balaban J connectivity index is 1.56. The van der Waals surface area contributed by atoms with Crippen LogP contribution in [0.1, 0.15) is 24.8 Å². The number of carbonyl (C=O) groups excluding carboxylic acids is 1. The molecule has 6 nitrogen and oxygen atoms in total. The Morgan fingerprint density at radius 1 is 1.15 bits per heavy atom. The zero-order valence-electron chi connectivity index (χ0n) is 16.1. The van der Waals surface area contributed by atoms with Crippen molar-refractivity contribution in [1.29, 1.82) is 0 Å². The van der Waals surface area contributed by atoms with E-state index in [4.69, 9.17) is 14.2 Å². The van der Waals surface area contributed by atoms with Gasteiger partial charge in [-0.15, -0.1) is 0 Å². The number of hydrogen-bond acceptors (Lipinski definition) is 4. The van der Waals surface area contributed by atoms with Crippen LogP contribution in [-0.4, -0.2) is 44.5 Å². The Kier molecular flexibility index (Phi) is 6.40. The molecule has 1 amide bonds. The quantitative estimate of drug-likeness (QED) is 0.774. The number of rotatable bonds is 8. The van der Waals surface area contributed by atoms with Crippen LogP contribution >= 0.6 is 0 Å². The topological polar surface area (TPSA) is 61.7 Å². The summed E-state index contributed by atoms with van der Waals surface area (Å²) >= 11 is 0. The lowest BCUT2D eigenvalue weighted by atomic mass is 9.86. The predicted octanol–water partition coefficient (Wildman–Crippen LogP) is 2.76. The molecule has 1 aromatic carbocycles. The van der Waals surface area contributed by atoms with Gasteiger partial charge in [0.1, 0.15) is 0 Å². The molecule has 0 atom stereocenters. The zero-order valence-corrected chi connectivity index (χ0v) is 16.1. The third-order valence-electron chi connectivity index (χ3n) is 5.25. The first-order chi connectivity index (χ1) is 13.2. The molecular weight excluding hydrogens is 344 g/mol. The van der Waals surface area contributed by atoms with Gasteiger partial charge in [0.05, 0.1) is 26.2 Å². The molecule has 3 rings (SSSR count). The summed E-state index contributed by atoms with van der Waals surface area (Å²) in [5.74, 6) is 1.49. The van der Waals surface area contributed by atoms with Gasteiger partial charge >= 0.3 is 0 Å². The highest BCUT2D eigenvalue weighted by molar-refractivity contribution is 5.77. The van der Waals surface area contributed by atoms with Crippen LogP contribution in [0.3, 0.4) is 0 Å². The van der Waals surface area contributed by atoms with Gasteiger partial charge in [-0.05, 0) is 49.1 Å². The van der Waals surface area contributed by atoms with Crippen LogP contribution in [0.15, 0.2) is 42.7 Å². The fourth-order valence-corrected chi connectivity index (χ4v) is 3.67. The lowest BCUT2D eigenvalue weighted by molar-refractivity contribution is -0.124. The summed E-state index contributed by atoms with van der Waals surface area (Å²) in [7, 11) is 3.24. The second-order valence-corrected chi connectivity index (χ2v) is 6.89. The summed E-state index contributed by atoms with van der Waals surface area (Å²) in [5.41, 5.74) is 0.911. The van der Waals surface area contributed by atoms with E-state index in [1.165, 1.54) is 0 Å². The molecular formula is C21H28N2O4. The maximum atomic E-state index is 12.6. The number of aromatic nitrogens is 1. The number of amides is 1. The van der Waals surface area contributed by atoms with Crippen LogP contribution in [0.4, 0.5) is 0 Å². The highest BCUT2D eigenvalue weighted by Crippen LogP contribution is 2.33. The van der Waals surface area contributed by atoms with Crippen molar-refractivity contribution in [1.82, 2.24) is 9.88 Å². The number of ether oxygens (including phenoxy) is 3. The molecule has 0 unspecified atom stereocenters.